The summed E-state index contributed by atoms with van der Waals surface area (Å²) in [6.07, 6.45) is 3.41. The largest absolute Gasteiger partial charge is 0.377 e. The van der Waals surface area contributed by atoms with Crippen LogP contribution in [0.3, 0.4) is 0 Å². The molecule has 4 nitrogen and oxygen atoms in total. The van der Waals surface area contributed by atoms with E-state index in [1.54, 1.807) is 6.07 Å². The molecule has 0 saturated heterocycles. The number of benzene rings is 1. The van der Waals surface area contributed by atoms with E-state index < -0.39 is 0 Å². The minimum absolute atomic E-state index is 0.192. The summed E-state index contributed by atoms with van der Waals surface area (Å²) in [6, 6.07) is 3.94. The average Bonchev–Trinajstić information content (AvgIpc) is 2.68. The lowest BCUT2D eigenvalue weighted by atomic mass is 10.1. The quantitative estimate of drug-likeness (QED) is 0.653. The number of hydrogen-bond donors (Lipinski definition) is 1. The fraction of sp³-hybridized carbons (Fsp3) is 0.571. The number of nitrogens with one attached hydrogen (secondary N) is 1. The summed E-state index contributed by atoms with van der Waals surface area (Å²) in [4.78, 5) is 10.8. The third kappa shape index (κ3) is 2.63. The van der Waals surface area contributed by atoms with Gasteiger partial charge in [0.1, 0.15) is 5.69 Å². The first-order chi connectivity index (χ1) is 8.47. The van der Waals surface area contributed by atoms with Crippen LogP contribution >= 0.6 is 0 Å². The van der Waals surface area contributed by atoms with Crippen molar-refractivity contribution < 1.29 is 4.92 Å². The van der Waals surface area contributed by atoms with Gasteiger partial charge in [-0.2, -0.15) is 0 Å². The molecule has 0 bridgehead atoms. The fourth-order valence-corrected chi connectivity index (χ4v) is 2.63. The van der Waals surface area contributed by atoms with Crippen molar-refractivity contribution in [2.75, 3.05) is 5.32 Å². The fourth-order valence-electron chi connectivity index (χ4n) is 2.63. The molecule has 0 aromatic heterocycles. The Hall–Kier alpha value is -1.58. The molecule has 1 N–H and O–H groups in total. The number of nitro benzene ring substituents is 1. The van der Waals surface area contributed by atoms with Crippen LogP contribution in [0.25, 0.3) is 0 Å². The van der Waals surface area contributed by atoms with Gasteiger partial charge in [0.05, 0.1) is 4.92 Å². The second-order valence-electron chi connectivity index (χ2n) is 5.47. The van der Waals surface area contributed by atoms with E-state index in [0.29, 0.717) is 17.6 Å². The Balaban J connectivity index is 2.25. The second-order valence-corrected chi connectivity index (χ2v) is 5.47. The van der Waals surface area contributed by atoms with E-state index in [1.807, 2.05) is 19.9 Å². The lowest BCUT2D eigenvalue weighted by molar-refractivity contribution is -0.384. The minimum Gasteiger partial charge on any atom is -0.377 e. The number of nitrogens with zero attached hydrogens (tertiary/aromatic N) is 1. The van der Waals surface area contributed by atoms with E-state index in [4.69, 9.17) is 0 Å². The van der Waals surface area contributed by atoms with Crippen LogP contribution in [0.5, 0.6) is 0 Å². The van der Waals surface area contributed by atoms with Gasteiger partial charge in [0.25, 0.3) is 5.69 Å². The summed E-state index contributed by atoms with van der Waals surface area (Å²) in [5.74, 6) is 0.716. The monoisotopic (exact) mass is 248 g/mol. The molecule has 98 valence electrons. The van der Waals surface area contributed by atoms with E-state index in [0.717, 1.165) is 24.0 Å². The topological polar surface area (TPSA) is 55.2 Å². The van der Waals surface area contributed by atoms with Gasteiger partial charge in [-0.05, 0) is 56.2 Å². The third-order valence-corrected chi connectivity index (χ3v) is 3.86. The van der Waals surface area contributed by atoms with E-state index in [9.17, 15) is 10.1 Å². The molecule has 1 aromatic rings. The molecule has 1 saturated carbocycles. The van der Waals surface area contributed by atoms with Gasteiger partial charge in [-0.1, -0.05) is 6.92 Å². The van der Waals surface area contributed by atoms with Crippen LogP contribution in [-0.2, 0) is 0 Å². The van der Waals surface area contributed by atoms with E-state index in [2.05, 4.69) is 12.2 Å². The van der Waals surface area contributed by atoms with Crippen LogP contribution in [0.2, 0.25) is 0 Å². The molecule has 4 heteroatoms. The SMILES string of the molecule is Cc1cc(NC2CCC(C)C2)c([N+](=O)[O-])cc1C. The van der Waals surface area contributed by atoms with Crippen molar-refractivity contribution in [1.29, 1.82) is 0 Å². The molecule has 2 rings (SSSR count). The van der Waals surface area contributed by atoms with Crippen molar-refractivity contribution in [1.82, 2.24) is 0 Å². The summed E-state index contributed by atoms with van der Waals surface area (Å²) in [6.45, 7) is 6.13. The van der Waals surface area contributed by atoms with E-state index in [1.165, 1.54) is 6.42 Å². The highest BCUT2D eigenvalue weighted by Gasteiger charge is 2.24. The van der Waals surface area contributed by atoms with Crippen LogP contribution in [-0.4, -0.2) is 11.0 Å². The minimum atomic E-state index is -0.298. The Labute approximate surface area is 108 Å². The predicted octanol–water partition coefficient (Wildman–Crippen LogP) is 3.81. The Morgan fingerprint density at radius 2 is 1.94 bits per heavy atom. The van der Waals surface area contributed by atoms with Crippen LogP contribution in [0, 0.1) is 29.9 Å². The van der Waals surface area contributed by atoms with Gasteiger partial charge in [0.15, 0.2) is 0 Å². The van der Waals surface area contributed by atoms with Crippen LogP contribution in [0.1, 0.15) is 37.3 Å². The van der Waals surface area contributed by atoms with E-state index >= 15 is 0 Å². The van der Waals surface area contributed by atoms with Crippen LogP contribution in [0.15, 0.2) is 12.1 Å². The molecule has 1 aliphatic rings. The van der Waals surface area contributed by atoms with Crippen molar-refractivity contribution in [3.05, 3.63) is 33.4 Å². The molecule has 0 amide bonds. The highest BCUT2D eigenvalue weighted by atomic mass is 16.6. The van der Waals surface area contributed by atoms with Gasteiger partial charge in [0, 0.05) is 12.1 Å². The van der Waals surface area contributed by atoms with Gasteiger partial charge >= 0.3 is 0 Å². The number of hydrogen-bond acceptors (Lipinski definition) is 3. The first-order valence-corrected chi connectivity index (χ1v) is 6.49. The van der Waals surface area contributed by atoms with Gasteiger partial charge in [-0.15, -0.1) is 0 Å². The zero-order valence-electron chi connectivity index (χ0n) is 11.2. The van der Waals surface area contributed by atoms with Crippen molar-refractivity contribution >= 4 is 11.4 Å². The Bertz CT molecular complexity index is 471. The van der Waals surface area contributed by atoms with E-state index in [-0.39, 0.29) is 10.6 Å². The summed E-state index contributed by atoms with van der Waals surface area (Å²) in [5, 5.41) is 14.4. The molecule has 0 spiro atoms. The van der Waals surface area contributed by atoms with Crippen LogP contribution in [0.4, 0.5) is 11.4 Å². The number of aryl methyl sites for hydroxylation is 2. The predicted molar refractivity (Wildman–Crippen MR) is 73.0 cm³/mol. The molecular formula is C14H20N2O2. The lowest BCUT2D eigenvalue weighted by Gasteiger charge is -2.15. The first-order valence-electron chi connectivity index (χ1n) is 6.49. The van der Waals surface area contributed by atoms with Crippen molar-refractivity contribution in [3.63, 3.8) is 0 Å². The maximum Gasteiger partial charge on any atom is 0.292 e. The molecule has 1 aromatic carbocycles. The van der Waals surface area contributed by atoms with Crippen molar-refractivity contribution in [2.24, 2.45) is 5.92 Å². The number of anilines is 1. The lowest BCUT2D eigenvalue weighted by Crippen LogP contribution is -2.16. The molecule has 18 heavy (non-hydrogen) atoms. The zero-order chi connectivity index (χ0) is 13.3. The summed E-state index contributed by atoms with van der Waals surface area (Å²) in [5.41, 5.74) is 2.92. The number of nitro groups is 1. The molecule has 2 unspecified atom stereocenters. The molecule has 0 radical (unpaired) electrons. The van der Waals surface area contributed by atoms with Gasteiger partial charge in [-0.25, -0.2) is 0 Å². The van der Waals surface area contributed by atoms with Gasteiger partial charge in [0.2, 0.25) is 0 Å². The third-order valence-electron chi connectivity index (χ3n) is 3.86. The highest BCUT2D eigenvalue weighted by Crippen LogP contribution is 2.32. The Kier molecular flexibility index (Phi) is 3.55. The molecule has 0 heterocycles. The molecule has 1 aliphatic carbocycles. The standard InChI is InChI=1S/C14H20N2O2/c1-9-4-5-12(6-9)15-13-7-10(2)11(3)8-14(13)16(17)18/h7-9,12,15H,4-6H2,1-3H3. The summed E-state index contributed by atoms with van der Waals surface area (Å²) < 4.78 is 0. The second kappa shape index (κ2) is 4.96. The normalized spacial score (nSPS) is 23.1. The first kappa shape index (κ1) is 12.9. The number of rotatable bonds is 3. The molecule has 1 fully saturated rings. The molecule has 2 atom stereocenters. The highest BCUT2D eigenvalue weighted by molar-refractivity contribution is 5.65. The smallest absolute Gasteiger partial charge is 0.292 e. The summed E-state index contributed by atoms with van der Waals surface area (Å²) >= 11 is 0. The molecular weight excluding hydrogens is 228 g/mol. The van der Waals surface area contributed by atoms with Crippen LogP contribution < -0.4 is 5.32 Å². The Morgan fingerprint density at radius 3 is 2.50 bits per heavy atom. The maximum atomic E-state index is 11.1. The zero-order valence-corrected chi connectivity index (χ0v) is 11.2. The average molecular weight is 248 g/mol. The molecule has 0 aliphatic heterocycles. The van der Waals surface area contributed by atoms with Crippen molar-refractivity contribution in [2.45, 2.75) is 46.1 Å². The maximum absolute atomic E-state index is 11.1. The summed E-state index contributed by atoms with van der Waals surface area (Å²) in [7, 11) is 0. The van der Waals surface area contributed by atoms with Gasteiger partial charge < -0.3 is 5.32 Å². The van der Waals surface area contributed by atoms with Crippen molar-refractivity contribution in [3.8, 4) is 0 Å². The Morgan fingerprint density at radius 1 is 1.28 bits per heavy atom. The van der Waals surface area contributed by atoms with Gasteiger partial charge in [-0.3, -0.25) is 10.1 Å².